The second-order valence-electron chi connectivity index (χ2n) is 4.69. The summed E-state index contributed by atoms with van der Waals surface area (Å²) in [5.41, 5.74) is 1.82. The molecule has 0 radical (unpaired) electrons. The van der Waals surface area contributed by atoms with Crippen molar-refractivity contribution in [1.29, 1.82) is 0 Å². The Morgan fingerprint density at radius 3 is 2.65 bits per heavy atom. The topological polar surface area (TPSA) is 47.9 Å². The molecule has 0 saturated heterocycles. The summed E-state index contributed by atoms with van der Waals surface area (Å²) >= 11 is 0. The Bertz CT molecular complexity index is 611. The summed E-state index contributed by atoms with van der Waals surface area (Å²) in [7, 11) is 3.10. The van der Waals surface area contributed by atoms with E-state index < -0.39 is 0 Å². The number of aromatic hydroxyl groups is 1. The van der Waals surface area contributed by atoms with Crippen LogP contribution in [-0.2, 0) is 6.42 Å². The second-order valence-corrected chi connectivity index (χ2v) is 4.69. The molecule has 20 heavy (non-hydrogen) atoms. The highest BCUT2D eigenvalue weighted by Gasteiger charge is 2.28. The first-order valence-corrected chi connectivity index (χ1v) is 6.42. The highest BCUT2D eigenvalue weighted by atomic mass is 16.5. The Morgan fingerprint density at radius 1 is 1.15 bits per heavy atom. The van der Waals surface area contributed by atoms with Gasteiger partial charge in [0.1, 0.15) is 17.6 Å². The lowest BCUT2D eigenvalue weighted by Crippen LogP contribution is -2.05. The molecule has 0 aliphatic carbocycles. The van der Waals surface area contributed by atoms with Gasteiger partial charge >= 0.3 is 0 Å². The van der Waals surface area contributed by atoms with Crippen molar-refractivity contribution in [2.45, 2.75) is 12.5 Å². The van der Waals surface area contributed by atoms with E-state index in [2.05, 4.69) is 0 Å². The molecule has 0 unspecified atom stereocenters. The third kappa shape index (κ3) is 2.03. The van der Waals surface area contributed by atoms with Crippen LogP contribution in [0.5, 0.6) is 23.0 Å². The summed E-state index contributed by atoms with van der Waals surface area (Å²) in [4.78, 5) is 0. The first-order chi connectivity index (χ1) is 9.72. The summed E-state index contributed by atoms with van der Waals surface area (Å²) in [6.07, 6.45) is 0.497. The fourth-order valence-corrected chi connectivity index (χ4v) is 2.48. The summed E-state index contributed by atoms with van der Waals surface area (Å²) in [5.74, 6) is 1.98. The number of para-hydroxylation sites is 1. The van der Waals surface area contributed by atoms with Crippen LogP contribution in [0.25, 0.3) is 0 Å². The molecule has 3 rings (SSSR count). The molecule has 4 nitrogen and oxygen atoms in total. The van der Waals surface area contributed by atoms with Gasteiger partial charge in [0.2, 0.25) is 0 Å². The highest BCUT2D eigenvalue weighted by molar-refractivity contribution is 5.53. The molecule has 4 heteroatoms. The Kier molecular flexibility index (Phi) is 3.14. The molecular formula is C16H16O4. The van der Waals surface area contributed by atoms with Crippen molar-refractivity contribution >= 4 is 0 Å². The number of rotatable bonds is 3. The van der Waals surface area contributed by atoms with Crippen molar-refractivity contribution in [3.8, 4) is 23.0 Å². The van der Waals surface area contributed by atoms with Gasteiger partial charge in [-0.25, -0.2) is 0 Å². The van der Waals surface area contributed by atoms with E-state index in [0.29, 0.717) is 17.1 Å². The van der Waals surface area contributed by atoms with E-state index in [1.807, 2.05) is 24.3 Å². The van der Waals surface area contributed by atoms with Gasteiger partial charge in [-0.2, -0.15) is 0 Å². The second kappa shape index (κ2) is 4.96. The van der Waals surface area contributed by atoms with Crippen molar-refractivity contribution < 1.29 is 19.3 Å². The van der Waals surface area contributed by atoms with Crippen LogP contribution < -0.4 is 14.2 Å². The number of methoxy groups -OCH3 is 2. The zero-order valence-corrected chi connectivity index (χ0v) is 11.4. The van der Waals surface area contributed by atoms with Crippen LogP contribution in [0.15, 0.2) is 36.4 Å². The summed E-state index contributed by atoms with van der Waals surface area (Å²) < 4.78 is 16.3. The average Bonchev–Trinajstić information content (AvgIpc) is 2.91. The molecule has 1 aliphatic heterocycles. The lowest BCUT2D eigenvalue weighted by Gasteiger charge is -2.16. The maximum Gasteiger partial charge on any atom is 0.164 e. The van der Waals surface area contributed by atoms with Gasteiger partial charge in [-0.05, 0) is 17.7 Å². The van der Waals surface area contributed by atoms with Crippen LogP contribution >= 0.6 is 0 Å². The van der Waals surface area contributed by atoms with E-state index in [-0.39, 0.29) is 11.9 Å². The molecule has 104 valence electrons. The van der Waals surface area contributed by atoms with Gasteiger partial charge in [-0.3, -0.25) is 0 Å². The van der Waals surface area contributed by atoms with E-state index in [4.69, 9.17) is 14.2 Å². The van der Waals surface area contributed by atoms with E-state index >= 15 is 0 Å². The third-order valence-corrected chi connectivity index (χ3v) is 3.53. The SMILES string of the molecule is COc1cc(OC)c(O)c([C@H]2Cc3ccccc3O2)c1. The van der Waals surface area contributed by atoms with Gasteiger partial charge in [-0.15, -0.1) is 0 Å². The fraction of sp³-hybridized carbons (Fsp3) is 0.250. The lowest BCUT2D eigenvalue weighted by molar-refractivity contribution is 0.230. The van der Waals surface area contributed by atoms with Crippen molar-refractivity contribution in [3.63, 3.8) is 0 Å². The number of fused-ring (bicyclic) bond motifs is 1. The smallest absolute Gasteiger partial charge is 0.164 e. The van der Waals surface area contributed by atoms with Crippen LogP contribution in [0, 0.1) is 0 Å². The quantitative estimate of drug-likeness (QED) is 0.932. The molecule has 0 saturated carbocycles. The van der Waals surface area contributed by atoms with Gasteiger partial charge in [-0.1, -0.05) is 18.2 Å². The Morgan fingerprint density at radius 2 is 1.95 bits per heavy atom. The van der Waals surface area contributed by atoms with Gasteiger partial charge in [0.15, 0.2) is 11.5 Å². The molecular weight excluding hydrogens is 256 g/mol. The average molecular weight is 272 g/mol. The fourth-order valence-electron chi connectivity index (χ4n) is 2.48. The van der Waals surface area contributed by atoms with Crippen LogP contribution in [0.3, 0.4) is 0 Å². The Balaban J connectivity index is 2.00. The Hall–Kier alpha value is -2.36. The number of ether oxygens (including phenoxy) is 3. The monoisotopic (exact) mass is 272 g/mol. The molecule has 2 aromatic rings. The van der Waals surface area contributed by atoms with Crippen molar-refractivity contribution in [1.82, 2.24) is 0 Å². The molecule has 1 atom stereocenters. The zero-order valence-electron chi connectivity index (χ0n) is 11.4. The van der Waals surface area contributed by atoms with Crippen LogP contribution in [0.2, 0.25) is 0 Å². The minimum Gasteiger partial charge on any atom is -0.504 e. The summed E-state index contributed by atoms with van der Waals surface area (Å²) in [6, 6.07) is 11.3. The van der Waals surface area contributed by atoms with Gasteiger partial charge in [0.25, 0.3) is 0 Å². The van der Waals surface area contributed by atoms with E-state index in [9.17, 15) is 5.11 Å². The molecule has 1 heterocycles. The molecule has 0 spiro atoms. The number of benzene rings is 2. The molecule has 0 bridgehead atoms. The standard InChI is InChI=1S/C16H16O4/c1-18-11-8-12(16(17)15(9-11)19-2)14-7-10-5-3-4-6-13(10)20-14/h3-6,8-9,14,17H,7H2,1-2H3/t14-/m1/s1. The number of phenols is 1. The minimum absolute atomic E-state index is 0.103. The normalized spacial score (nSPS) is 16.4. The molecule has 0 aromatic heterocycles. The van der Waals surface area contributed by atoms with E-state index in [1.165, 1.54) is 7.11 Å². The predicted molar refractivity (Wildman–Crippen MR) is 74.7 cm³/mol. The molecule has 1 aliphatic rings. The first-order valence-electron chi connectivity index (χ1n) is 6.42. The highest BCUT2D eigenvalue weighted by Crippen LogP contribution is 2.44. The summed E-state index contributed by atoms with van der Waals surface area (Å²) in [5, 5.41) is 10.3. The largest absolute Gasteiger partial charge is 0.504 e. The van der Waals surface area contributed by atoms with Crippen molar-refractivity contribution in [3.05, 3.63) is 47.5 Å². The molecule has 1 N–H and O–H groups in total. The number of phenolic OH excluding ortho intramolecular Hbond substituents is 1. The van der Waals surface area contributed by atoms with Gasteiger partial charge < -0.3 is 19.3 Å². The first kappa shape index (κ1) is 12.7. The van der Waals surface area contributed by atoms with Crippen molar-refractivity contribution in [2.24, 2.45) is 0 Å². The zero-order chi connectivity index (χ0) is 14.1. The predicted octanol–water partition coefficient (Wildman–Crippen LogP) is 3.09. The van der Waals surface area contributed by atoms with E-state index in [0.717, 1.165) is 17.7 Å². The van der Waals surface area contributed by atoms with Crippen LogP contribution in [0.4, 0.5) is 0 Å². The van der Waals surface area contributed by atoms with Gasteiger partial charge in [0.05, 0.1) is 14.2 Å². The number of hydrogen-bond acceptors (Lipinski definition) is 4. The Labute approximate surface area is 117 Å². The maximum atomic E-state index is 10.3. The number of hydrogen-bond donors (Lipinski definition) is 1. The maximum absolute atomic E-state index is 10.3. The van der Waals surface area contributed by atoms with Gasteiger partial charge in [0, 0.05) is 18.1 Å². The molecule has 0 amide bonds. The van der Waals surface area contributed by atoms with E-state index in [1.54, 1.807) is 19.2 Å². The summed E-state index contributed by atoms with van der Waals surface area (Å²) in [6.45, 7) is 0. The lowest BCUT2D eigenvalue weighted by atomic mass is 10.0. The minimum atomic E-state index is -0.226. The molecule has 2 aromatic carbocycles. The van der Waals surface area contributed by atoms with Crippen molar-refractivity contribution in [2.75, 3.05) is 14.2 Å². The third-order valence-electron chi connectivity index (χ3n) is 3.53. The van der Waals surface area contributed by atoms with Crippen LogP contribution in [0.1, 0.15) is 17.2 Å². The van der Waals surface area contributed by atoms with Crippen LogP contribution in [-0.4, -0.2) is 19.3 Å². The molecule has 0 fully saturated rings.